The van der Waals surface area contributed by atoms with Crippen LogP contribution in [0.25, 0.3) is 0 Å². The molecule has 0 aliphatic rings. The second-order valence-corrected chi connectivity index (χ2v) is 8.00. The molecule has 150 valence electrons. The maximum Gasteiger partial charge on any atom is 0.271 e. The number of amides is 2. The van der Waals surface area contributed by atoms with Crippen LogP contribution in [0, 0.1) is 6.92 Å². The zero-order chi connectivity index (χ0) is 21.0. The first-order chi connectivity index (χ1) is 13.8. The molecule has 10 heteroatoms. The molecule has 29 heavy (non-hydrogen) atoms. The summed E-state index contributed by atoms with van der Waals surface area (Å²) in [7, 11) is -3.83. The van der Waals surface area contributed by atoms with E-state index in [0.29, 0.717) is 5.69 Å². The summed E-state index contributed by atoms with van der Waals surface area (Å²) in [5.41, 5.74) is 6.64. The van der Waals surface area contributed by atoms with Gasteiger partial charge in [-0.05, 0) is 30.7 Å². The van der Waals surface area contributed by atoms with Crippen molar-refractivity contribution in [3.05, 3.63) is 77.1 Å². The molecule has 5 N–H and O–H groups in total. The Hall–Kier alpha value is -3.50. The molecule has 2 aromatic carbocycles. The Balaban J connectivity index is 1.79. The van der Waals surface area contributed by atoms with E-state index < -0.39 is 21.8 Å². The summed E-state index contributed by atoms with van der Waals surface area (Å²) in [6.07, 6.45) is 0. The molecule has 0 unspecified atom stereocenters. The van der Waals surface area contributed by atoms with Crippen molar-refractivity contribution in [2.75, 3.05) is 5.32 Å². The van der Waals surface area contributed by atoms with Gasteiger partial charge in [0, 0.05) is 12.1 Å². The van der Waals surface area contributed by atoms with Crippen molar-refractivity contribution in [1.29, 1.82) is 0 Å². The Morgan fingerprint density at radius 1 is 1.10 bits per heavy atom. The van der Waals surface area contributed by atoms with Crippen LogP contribution in [0.5, 0.6) is 0 Å². The number of rotatable bonds is 7. The number of anilines is 1. The van der Waals surface area contributed by atoms with E-state index in [2.05, 4.69) is 20.2 Å². The normalized spacial score (nSPS) is 11.2. The monoisotopic (exact) mass is 413 g/mol. The molecule has 0 radical (unpaired) electrons. The van der Waals surface area contributed by atoms with Crippen molar-refractivity contribution in [3.8, 4) is 0 Å². The highest BCUT2D eigenvalue weighted by atomic mass is 32.2. The number of sulfonamides is 1. The van der Waals surface area contributed by atoms with Crippen molar-refractivity contribution < 1.29 is 18.0 Å². The number of primary amides is 1. The summed E-state index contributed by atoms with van der Waals surface area (Å²) >= 11 is 0. The lowest BCUT2D eigenvalue weighted by atomic mass is 10.2. The fourth-order valence-corrected chi connectivity index (χ4v) is 3.67. The molecule has 1 heterocycles. The maximum absolute atomic E-state index is 12.6. The van der Waals surface area contributed by atoms with Gasteiger partial charge in [0.1, 0.15) is 0 Å². The lowest BCUT2D eigenvalue weighted by Crippen LogP contribution is -2.24. The van der Waals surface area contributed by atoms with Gasteiger partial charge in [-0.3, -0.25) is 14.7 Å². The molecule has 1 aromatic heterocycles. The number of aryl methyl sites for hydroxylation is 1. The average molecular weight is 413 g/mol. The summed E-state index contributed by atoms with van der Waals surface area (Å²) < 4.78 is 27.7. The van der Waals surface area contributed by atoms with E-state index in [0.717, 1.165) is 5.56 Å². The number of benzene rings is 2. The van der Waals surface area contributed by atoms with Gasteiger partial charge in [0.05, 0.1) is 16.3 Å². The SMILES string of the molecule is Cc1[nH]nc(C(N)=O)c1NC(=O)c1cccc(S(=O)(=O)NCc2ccccc2)c1. The zero-order valence-corrected chi connectivity index (χ0v) is 16.3. The third kappa shape index (κ3) is 4.68. The molecule has 0 saturated carbocycles. The van der Waals surface area contributed by atoms with Gasteiger partial charge >= 0.3 is 0 Å². The number of aromatic nitrogens is 2. The van der Waals surface area contributed by atoms with E-state index >= 15 is 0 Å². The highest BCUT2D eigenvalue weighted by Crippen LogP contribution is 2.19. The predicted molar refractivity (Wildman–Crippen MR) is 107 cm³/mol. The van der Waals surface area contributed by atoms with Gasteiger partial charge in [-0.25, -0.2) is 13.1 Å². The summed E-state index contributed by atoms with van der Waals surface area (Å²) in [6.45, 7) is 1.74. The molecule has 2 amide bonds. The van der Waals surface area contributed by atoms with Gasteiger partial charge in [-0.1, -0.05) is 36.4 Å². The van der Waals surface area contributed by atoms with E-state index in [-0.39, 0.29) is 28.4 Å². The summed E-state index contributed by atoms with van der Waals surface area (Å²) in [6, 6.07) is 14.6. The standard InChI is InChI=1S/C19H19N5O4S/c1-12-16(17(18(20)25)24-23-12)22-19(26)14-8-5-9-15(10-14)29(27,28)21-11-13-6-3-2-4-7-13/h2-10,21H,11H2,1H3,(H2,20,25)(H,22,26)(H,23,24). The van der Waals surface area contributed by atoms with Crippen molar-refractivity contribution in [2.45, 2.75) is 18.4 Å². The first kappa shape index (κ1) is 20.2. The minimum absolute atomic E-state index is 0.0554. The fourth-order valence-electron chi connectivity index (χ4n) is 2.61. The van der Waals surface area contributed by atoms with Crippen molar-refractivity contribution in [1.82, 2.24) is 14.9 Å². The Labute approximate surface area is 167 Å². The molecule has 0 bridgehead atoms. The van der Waals surface area contributed by atoms with Crippen LogP contribution in [0.4, 0.5) is 5.69 Å². The molecular formula is C19H19N5O4S. The highest BCUT2D eigenvalue weighted by Gasteiger charge is 2.20. The minimum Gasteiger partial charge on any atom is -0.364 e. The molecule has 9 nitrogen and oxygen atoms in total. The van der Waals surface area contributed by atoms with E-state index in [4.69, 9.17) is 5.73 Å². The van der Waals surface area contributed by atoms with Gasteiger partial charge < -0.3 is 11.1 Å². The fraction of sp³-hybridized carbons (Fsp3) is 0.105. The van der Waals surface area contributed by atoms with Gasteiger partial charge in [0.15, 0.2) is 5.69 Å². The quantitative estimate of drug-likeness (QED) is 0.464. The number of H-pyrrole nitrogens is 1. The second kappa shape index (κ2) is 8.25. The van der Waals surface area contributed by atoms with Crippen molar-refractivity contribution in [3.63, 3.8) is 0 Å². The van der Waals surface area contributed by atoms with Gasteiger partial charge in [-0.2, -0.15) is 5.10 Å². The van der Waals surface area contributed by atoms with E-state index in [1.807, 2.05) is 18.2 Å². The molecule has 0 saturated heterocycles. The molecule has 0 aliphatic carbocycles. The molecule has 3 aromatic rings. The van der Waals surface area contributed by atoms with Crippen LogP contribution in [0.3, 0.4) is 0 Å². The molecule has 0 fully saturated rings. The number of hydrogen-bond donors (Lipinski definition) is 4. The van der Waals surface area contributed by atoms with E-state index in [9.17, 15) is 18.0 Å². The van der Waals surface area contributed by atoms with Crippen LogP contribution in [0.15, 0.2) is 59.5 Å². The number of hydrogen-bond acceptors (Lipinski definition) is 5. The lowest BCUT2D eigenvalue weighted by Gasteiger charge is -2.09. The summed E-state index contributed by atoms with van der Waals surface area (Å²) in [5.74, 6) is -1.40. The average Bonchev–Trinajstić information content (AvgIpc) is 3.08. The molecule has 0 aliphatic heterocycles. The minimum atomic E-state index is -3.83. The number of carbonyl (C=O) groups excluding carboxylic acids is 2. The zero-order valence-electron chi connectivity index (χ0n) is 15.5. The number of nitrogens with zero attached hydrogens (tertiary/aromatic N) is 1. The number of aromatic amines is 1. The summed E-state index contributed by atoms with van der Waals surface area (Å²) in [5, 5.41) is 8.87. The number of nitrogens with two attached hydrogens (primary N) is 1. The molecule has 3 rings (SSSR count). The first-order valence-electron chi connectivity index (χ1n) is 8.57. The Morgan fingerprint density at radius 2 is 1.83 bits per heavy atom. The number of nitrogens with one attached hydrogen (secondary N) is 3. The highest BCUT2D eigenvalue weighted by molar-refractivity contribution is 7.89. The Bertz CT molecular complexity index is 1160. The van der Waals surface area contributed by atoms with Crippen molar-refractivity contribution in [2.24, 2.45) is 5.73 Å². The van der Waals surface area contributed by atoms with Gasteiger partial charge in [-0.15, -0.1) is 0 Å². The van der Waals surface area contributed by atoms with E-state index in [1.54, 1.807) is 19.1 Å². The molecule has 0 atom stereocenters. The predicted octanol–water partition coefficient (Wildman–Crippen LogP) is 1.55. The van der Waals surface area contributed by atoms with Crippen molar-refractivity contribution >= 4 is 27.5 Å². The largest absolute Gasteiger partial charge is 0.364 e. The van der Waals surface area contributed by atoms with Crippen LogP contribution in [-0.2, 0) is 16.6 Å². The molecule has 0 spiro atoms. The van der Waals surface area contributed by atoms with Crippen LogP contribution < -0.4 is 15.8 Å². The third-order valence-electron chi connectivity index (χ3n) is 4.13. The van der Waals surface area contributed by atoms with Gasteiger partial charge in [0.25, 0.3) is 11.8 Å². The Morgan fingerprint density at radius 3 is 2.52 bits per heavy atom. The molecular weight excluding hydrogens is 394 g/mol. The number of carbonyl (C=O) groups is 2. The summed E-state index contributed by atoms with van der Waals surface area (Å²) in [4.78, 5) is 24.0. The van der Waals surface area contributed by atoms with Crippen LogP contribution in [0.1, 0.15) is 32.1 Å². The third-order valence-corrected chi connectivity index (χ3v) is 5.53. The maximum atomic E-state index is 12.6. The van der Waals surface area contributed by atoms with Crippen LogP contribution >= 0.6 is 0 Å². The Kier molecular flexibility index (Phi) is 5.76. The smallest absolute Gasteiger partial charge is 0.271 e. The van der Waals surface area contributed by atoms with Gasteiger partial charge in [0.2, 0.25) is 10.0 Å². The topological polar surface area (TPSA) is 147 Å². The van der Waals surface area contributed by atoms with Crippen LogP contribution in [-0.4, -0.2) is 30.4 Å². The van der Waals surface area contributed by atoms with E-state index in [1.165, 1.54) is 24.3 Å². The second-order valence-electron chi connectivity index (χ2n) is 6.23. The lowest BCUT2D eigenvalue weighted by molar-refractivity contribution is 0.0996. The first-order valence-corrected chi connectivity index (χ1v) is 10.1. The van der Waals surface area contributed by atoms with Crippen LogP contribution in [0.2, 0.25) is 0 Å².